The van der Waals surface area contributed by atoms with Crippen molar-refractivity contribution in [2.75, 3.05) is 4.43 Å². The highest BCUT2D eigenvalue weighted by molar-refractivity contribution is 14.1. The summed E-state index contributed by atoms with van der Waals surface area (Å²) in [5.41, 5.74) is 0. The molecule has 0 atom stereocenters. The maximum absolute atomic E-state index is 3.57. The molecule has 0 aliphatic heterocycles. The van der Waals surface area contributed by atoms with E-state index in [-0.39, 0.29) is 0 Å². The van der Waals surface area contributed by atoms with Gasteiger partial charge in [0.1, 0.15) is 0 Å². The molecule has 0 amide bonds. The Kier molecular flexibility index (Phi) is 5.46. The highest BCUT2D eigenvalue weighted by Gasteiger charge is 1.56. The van der Waals surface area contributed by atoms with Gasteiger partial charge in [-0.25, -0.2) is 4.40 Å². The van der Waals surface area contributed by atoms with Crippen LogP contribution in [0.1, 0.15) is 0 Å². The molecule has 30 valence electrons. The molecule has 0 radical (unpaired) electrons. The monoisotopic (exact) mass is 201 g/mol. The van der Waals surface area contributed by atoms with E-state index in [0.717, 1.165) is 4.43 Å². The van der Waals surface area contributed by atoms with E-state index in [2.05, 4.69) is 39.8 Å². The van der Waals surface area contributed by atoms with Gasteiger partial charge in [0, 0.05) is 10.6 Å². The molecule has 0 N–H and O–H groups in total. The minimum absolute atomic E-state index is 0.946. The summed E-state index contributed by atoms with van der Waals surface area (Å²) < 4.78 is 4.36. The molecule has 0 saturated heterocycles. The molecule has 0 saturated carbocycles. The quantitative estimate of drug-likeness (QED) is 0.284. The third-order valence-electron chi connectivity index (χ3n) is 0.151. The maximum Gasteiger partial charge on any atom is 0.0357 e. The lowest BCUT2D eigenvalue weighted by Gasteiger charge is -1.62. The summed E-state index contributed by atoms with van der Waals surface area (Å²) >= 11 is 5.75. The average Bonchev–Trinajstić information content (AvgIpc) is 1.41. The van der Waals surface area contributed by atoms with Gasteiger partial charge in [0.05, 0.1) is 0 Å². The van der Waals surface area contributed by atoms with E-state index in [0.29, 0.717) is 0 Å². The Morgan fingerprint density at radius 3 is 2.60 bits per heavy atom. The first kappa shape index (κ1) is 5.75. The van der Waals surface area contributed by atoms with Gasteiger partial charge in [0.25, 0.3) is 0 Å². The van der Waals surface area contributed by atoms with Gasteiger partial charge in [-0.3, -0.25) is 0 Å². The second-order valence-corrected chi connectivity index (χ2v) is 1.56. The second-order valence-electron chi connectivity index (χ2n) is 0.452. The van der Waals surface area contributed by atoms with Crippen molar-refractivity contribution in [1.82, 2.24) is 0 Å². The predicted molar refractivity (Wildman–Crippen MR) is 36.4 cm³/mol. The fraction of sp³-hybridized carbons (Fsp3) is 0.500. The minimum Gasteiger partial charge on any atom is -0.231 e. The van der Waals surface area contributed by atoms with Crippen LogP contribution in [0.15, 0.2) is 4.40 Å². The van der Waals surface area contributed by atoms with Crippen LogP contribution in [-0.2, 0) is 0 Å². The third kappa shape index (κ3) is 4.75. The number of hydrogen-bond acceptors (Lipinski definition) is 2. The molecule has 0 heterocycles. The Hall–Kier alpha value is 0.750. The number of thiol groups is 1. The van der Waals surface area contributed by atoms with Crippen molar-refractivity contribution < 1.29 is 0 Å². The molecule has 0 aromatic rings. The molecule has 0 aliphatic rings. The van der Waals surface area contributed by atoms with Crippen molar-refractivity contribution in [3.05, 3.63) is 0 Å². The van der Waals surface area contributed by atoms with E-state index in [1.807, 2.05) is 0 Å². The molecular weight excluding hydrogens is 197 g/mol. The number of halogens is 1. The van der Waals surface area contributed by atoms with Crippen LogP contribution in [-0.4, -0.2) is 10.6 Å². The minimum atomic E-state index is 0.946. The Labute approximate surface area is 50.6 Å². The molecule has 0 aromatic carbocycles. The van der Waals surface area contributed by atoms with Gasteiger partial charge in [0.2, 0.25) is 0 Å². The first-order valence-electron chi connectivity index (χ1n) is 1.13. The van der Waals surface area contributed by atoms with Gasteiger partial charge in [-0.1, -0.05) is 22.6 Å². The van der Waals surface area contributed by atoms with Crippen LogP contribution in [0, 0.1) is 0 Å². The topological polar surface area (TPSA) is 12.4 Å². The maximum atomic E-state index is 3.57. The first-order chi connectivity index (χ1) is 2.41. The van der Waals surface area contributed by atoms with Crippen LogP contribution < -0.4 is 0 Å². The molecule has 0 fully saturated rings. The highest BCUT2D eigenvalue weighted by Crippen LogP contribution is 1.75. The molecule has 0 spiro atoms. The zero-order valence-corrected chi connectivity index (χ0v) is 5.61. The van der Waals surface area contributed by atoms with Crippen LogP contribution in [0.4, 0.5) is 0 Å². The van der Waals surface area contributed by atoms with Crippen LogP contribution in [0.25, 0.3) is 0 Å². The molecule has 0 aliphatic carbocycles. The van der Waals surface area contributed by atoms with Crippen LogP contribution >= 0.6 is 35.4 Å². The molecule has 1 nitrogen and oxygen atoms in total. The Morgan fingerprint density at radius 1 is 2.00 bits per heavy atom. The van der Waals surface area contributed by atoms with Crippen molar-refractivity contribution in [2.24, 2.45) is 4.40 Å². The number of nitrogens with zero attached hydrogens (tertiary/aromatic N) is 1. The lowest BCUT2D eigenvalue weighted by molar-refractivity contribution is 1.95. The lowest BCUT2D eigenvalue weighted by Crippen LogP contribution is -1.62. The largest absolute Gasteiger partial charge is 0.231 e. The summed E-state index contributed by atoms with van der Waals surface area (Å²) in [7, 11) is 0. The highest BCUT2D eigenvalue weighted by atomic mass is 127. The van der Waals surface area contributed by atoms with Crippen molar-refractivity contribution in [2.45, 2.75) is 0 Å². The molecule has 0 unspecified atom stereocenters. The van der Waals surface area contributed by atoms with E-state index in [1.165, 1.54) is 0 Å². The average molecular weight is 201 g/mol. The number of hydrogen-bond donors (Lipinski definition) is 1. The molecule has 5 heavy (non-hydrogen) atoms. The number of rotatable bonds is 1. The van der Waals surface area contributed by atoms with E-state index >= 15 is 0 Å². The van der Waals surface area contributed by atoms with Gasteiger partial charge < -0.3 is 0 Å². The Morgan fingerprint density at radius 2 is 2.60 bits per heavy atom. The summed E-state index contributed by atoms with van der Waals surface area (Å²) in [5, 5.41) is 0. The molecule has 0 aromatic heterocycles. The molecule has 3 heteroatoms. The van der Waals surface area contributed by atoms with Gasteiger partial charge in [-0.15, -0.1) is 0 Å². The van der Waals surface area contributed by atoms with Gasteiger partial charge in [-0.2, -0.15) is 0 Å². The van der Waals surface area contributed by atoms with Crippen LogP contribution in [0.5, 0.6) is 0 Å². The van der Waals surface area contributed by atoms with E-state index in [4.69, 9.17) is 0 Å². The zero-order valence-electron chi connectivity index (χ0n) is 2.56. The van der Waals surface area contributed by atoms with Gasteiger partial charge in [0.15, 0.2) is 0 Å². The Balaban J connectivity index is 2.62. The molecule has 0 bridgehead atoms. The van der Waals surface area contributed by atoms with E-state index in [9.17, 15) is 0 Å². The summed E-state index contributed by atoms with van der Waals surface area (Å²) in [6, 6.07) is 0. The van der Waals surface area contributed by atoms with Crippen LogP contribution in [0.3, 0.4) is 0 Å². The van der Waals surface area contributed by atoms with Crippen molar-refractivity contribution in [1.29, 1.82) is 0 Å². The second kappa shape index (κ2) is 4.75. The van der Waals surface area contributed by atoms with Gasteiger partial charge >= 0.3 is 0 Å². The fourth-order valence-electron chi connectivity index (χ4n) is 0.0309. The standard InChI is InChI=1S/C2H4INS/c3-1-2-4-5/h2,5H,1H2/b4-2-. The molecular formula is C2H4INS. The van der Waals surface area contributed by atoms with Crippen molar-refractivity contribution >= 4 is 41.6 Å². The molecule has 0 rings (SSSR count). The number of alkyl halides is 1. The Bertz CT molecular complexity index is 36.6. The van der Waals surface area contributed by atoms with E-state index < -0.39 is 0 Å². The SMILES string of the molecule is S/N=C\CI. The zero-order chi connectivity index (χ0) is 4.12. The summed E-state index contributed by atoms with van der Waals surface area (Å²) in [6.45, 7) is 0. The van der Waals surface area contributed by atoms with E-state index in [1.54, 1.807) is 6.21 Å². The normalized spacial score (nSPS) is 10.0. The van der Waals surface area contributed by atoms with Crippen LogP contribution in [0.2, 0.25) is 0 Å². The first-order valence-corrected chi connectivity index (χ1v) is 3.06. The summed E-state index contributed by atoms with van der Waals surface area (Å²) in [5.74, 6) is 0. The lowest BCUT2D eigenvalue weighted by atomic mass is 10.9. The third-order valence-corrected chi connectivity index (χ3v) is 0.708. The smallest absolute Gasteiger partial charge is 0.0357 e. The summed E-state index contributed by atoms with van der Waals surface area (Å²) in [6.07, 6.45) is 1.73. The fourth-order valence-corrected chi connectivity index (χ4v) is 0.621. The van der Waals surface area contributed by atoms with Gasteiger partial charge in [-0.05, 0) is 12.8 Å². The van der Waals surface area contributed by atoms with Crippen molar-refractivity contribution in [3.8, 4) is 0 Å². The summed E-state index contributed by atoms with van der Waals surface area (Å²) in [4.78, 5) is 0. The van der Waals surface area contributed by atoms with Crippen molar-refractivity contribution in [3.63, 3.8) is 0 Å². The predicted octanol–water partition coefficient (Wildman–Crippen LogP) is 1.34.